The third kappa shape index (κ3) is 5.43. The van der Waals surface area contributed by atoms with E-state index in [-0.39, 0.29) is 11.4 Å². The van der Waals surface area contributed by atoms with Crippen LogP contribution in [-0.4, -0.2) is 48.0 Å². The number of nitrogens with one attached hydrogen (secondary N) is 2. The molecule has 1 aromatic rings. The summed E-state index contributed by atoms with van der Waals surface area (Å²) in [5.41, 5.74) is 1.11. The largest absolute Gasteiger partial charge is 0.506 e. The molecule has 0 aromatic heterocycles. The number of hydrogen-bond donors (Lipinski definition) is 3. The van der Waals surface area contributed by atoms with Crippen LogP contribution in [0.1, 0.15) is 19.4 Å². The summed E-state index contributed by atoms with van der Waals surface area (Å²) in [6, 6.07) is 4.80. The molecule has 3 N–H and O–H groups in total. The first-order valence-electron chi connectivity index (χ1n) is 7.09. The highest BCUT2D eigenvalue weighted by molar-refractivity contribution is 6.39. The lowest BCUT2D eigenvalue weighted by molar-refractivity contribution is -0.136. The smallest absolute Gasteiger partial charge is 0.313 e. The molecular weight excluding hydrogens is 270 g/mol. The molecule has 0 saturated heterocycles. The Kier molecular flexibility index (Phi) is 6.68. The average Bonchev–Trinajstić information content (AvgIpc) is 2.47. The Balaban J connectivity index is 2.48. The number of aryl methyl sites for hydroxylation is 1. The van der Waals surface area contributed by atoms with Crippen LogP contribution in [0, 0.1) is 6.92 Å². The Morgan fingerprint density at radius 3 is 2.48 bits per heavy atom. The van der Waals surface area contributed by atoms with Gasteiger partial charge < -0.3 is 20.6 Å². The summed E-state index contributed by atoms with van der Waals surface area (Å²) < 4.78 is 0. The summed E-state index contributed by atoms with van der Waals surface area (Å²) in [6.07, 6.45) is 0. The fourth-order valence-corrected chi connectivity index (χ4v) is 1.88. The number of phenols is 1. The fraction of sp³-hybridized carbons (Fsp3) is 0.467. The van der Waals surface area contributed by atoms with Crippen LogP contribution in [0.15, 0.2) is 18.2 Å². The molecule has 1 aromatic carbocycles. The molecular formula is C15H23N3O3. The van der Waals surface area contributed by atoms with E-state index in [2.05, 4.69) is 15.5 Å². The number of nitrogens with zero attached hydrogens (tertiary/aromatic N) is 1. The van der Waals surface area contributed by atoms with Gasteiger partial charge in [-0.1, -0.05) is 19.9 Å². The Morgan fingerprint density at radius 1 is 1.19 bits per heavy atom. The number of likely N-dealkylation sites (N-methyl/N-ethyl adjacent to an activating group) is 1. The van der Waals surface area contributed by atoms with E-state index in [1.165, 1.54) is 6.07 Å². The van der Waals surface area contributed by atoms with Gasteiger partial charge in [-0.25, -0.2) is 0 Å². The first-order chi connectivity index (χ1) is 9.97. The topological polar surface area (TPSA) is 81.7 Å². The summed E-state index contributed by atoms with van der Waals surface area (Å²) in [4.78, 5) is 25.6. The second-order valence-electron chi connectivity index (χ2n) is 4.76. The molecule has 0 unspecified atom stereocenters. The Labute approximate surface area is 125 Å². The molecule has 21 heavy (non-hydrogen) atoms. The van der Waals surface area contributed by atoms with Crippen LogP contribution in [-0.2, 0) is 9.59 Å². The number of anilines is 1. The van der Waals surface area contributed by atoms with Crippen LogP contribution in [0.4, 0.5) is 5.69 Å². The van der Waals surface area contributed by atoms with Crippen LogP contribution in [0.25, 0.3) is 0 Å². The van der Waals surface area contributed by atoms with Gasteiger partial charge in [-0.2, -0.15) is 0 Å². The fourth-order valence-electron chi connectivity index (χ4n) is 1.88. The van der Waals surface area contributed by atoms with Crippen molar-refractivity contribution in [3.8, 4) is 5.75 Å². The van der Waals surface area contributed by atoms with E-state index in [9.17, 15) is 14.7 Å². The normalized spacial score (nSPS) is 10.5. The number of amides is 2. The van der Waals surface area contributed by atoms with Gasteiger partial charge in [-0.15, -0.1) is 0 Å². The number of phenolic OH excluding ortho intramolecular Hbond substituents is 1. The number of rotatable bonds is 6. The van der Waals surface area contributed by atoms with Crippen molar-refractivity contribution in [2.45, 2.75) is 20.8 Å². The molecule has 0 aliphatic heterocycles. The van der Waals surface area contributed by atoms with E-state index in [4.69, 9.17) is 0 Å². The van der Waals surface area contributed by atoms with Crippen LogP contribution in [0.2, 0.25) is 0 Å². The number of carbonyl (C=O) groups excluding carboxylic acids is 2. The van der Waals surface area contributed by atoms with Crippen LogP contribution < -0.4 is 10.6 Å². The molecule has 1 rings (SSSR count). The number of carbonyl (C=O) groups is 2. The van der Waals surface area contributed by atoms with E-state index in [0.29, 0.717) is 13.1 Å². The van der Waals surface area contributed by atoms with Gasteiger partial charge in [0.05, 0.1) is 5.69 Å². The van der Waals surface area contributed by atoms with Crippen molar-refractivity contribution in [3.63, 3.8) is 0 Å². The molecule has 116 valence electrons. The monoisotopic (exact) mass is 293 g/mol. The van der Waals surface area contributed by atoms with Gasteiger partial charge in [0.1, 0.15) is 5.75 Å². The second-order valence-corrected chi connectivity index (χ2v) is 4.76. The van der Waals surface area contributed by atoms with Crippen molar-refractivity contribution in [2.24, 2.45) is 0 Å². The van der Waals surface area contributed by atoms with E-state index < -0.39 is 11.8 Å². The minimum absolute atomic E-state index is 0.0649. The first-order valence-corrected chi connectivity index (χ1v) is 7.09. The molecule has 0 spiro atoms. The number of hydrogen-bond acceptors (Lipinski definition) is 4. The molecule has 0 atom stereocenters. The molecule has 0 heterocycles. The average molecular weight is 293 g/mol. The highest BCUT2D eigenvalue weighted by Gasteiger charge is 2.15. The van der Waals surface area contributed by atoms with Gasteiger partial charge in [0.25, 0.3) is 0 Å². The van der Waals surface area contributed by atoms with Crippen molar-refractivity contribution >= 4 is 17.5 Å². The molecule has 0 fully saturated rings. The zero-order chi connectivity index (χ0) is 15.8. The van der Waals surface area contributed by atoms with Gasteiger partial charge in [0.15, 0.2) is 0 Å². The standard InChI is InChI=1S/C15H23N3O3/c1-4-18(5-2)9-8-16-14(20)15(21)17-12-10-11(3)6-7-13(12)19/h6-7,10,19H,4-5,8-9H2,1-3H3,(H,16,20)(H,17,21). The number of benzene rings is 1. The summed E-state index contributed by atoms with van der Waals surface area (Å²) >= 11 is 0. The lowest BCUT2D eigenvalue weighted by Crippen LogP contribution is -2.40. The molecule has 0 bridgehead atoms. The quantitative estimate of drug-likeness (QED) is 0.542. The van der Waals surface area contributed by atoms with E-state index in [1.54, 1.807) is 12.1 Å². The molecule has 6 nitrogen and oxygen atoms in total. The van der Waals surface area contributed by atoms with Gasteiger partial charge in [0.2, 0.25) is 0 Å². The Hall–Kier alpha value is -2.08. The predicted molar refractivity (Wildman–Crippen MR) is 82.3 cm³/mol. The minimum atomic E-state index is -0.782. The van der Waals surface area contributed by atoms with Gasteiger partial charge in [0, 0.05) is 13.1 Å². The predicted octanol–water partition coefficient (Wildman–Crippen LogP) is 1.10. The van der Waals surface area contributed by atoms with Gasteiger partial charge in [-0.3, -0.25) is 9.59 Å². The zero-order valence-electron chi connectivity index (χ0n) is 12.8. The molecule has 6 heteroatoms. The molecule has 2 amide bonds. The highest BCUT2D eigenvalue weighted by Crippen LogP contribution is 2.23. The van der Waals surface area contributed by atoms with Gasteiger partial charge >= 0.3 is 11.8 Å². The van der Waals surface area contributed by atoms with Crippen LogP contribution >= 0.6 is 0 Å². The Morgan fingerprint density at radius 2 is 1.86 bits per heavy atom. The summed E-state index contributed by atoms with van der Waals surface area (Å²) in [6.45, 7) is 8.82. The lowest BCUT2D eigenvalue weighted by Gasteiger charge is -2.17. The number of aromatic hydroxyl groups is 1. The maximum atomic E-state index is 11.7. The second kappa shape index (κ2) is 8.26. The summed E-state index contributed by atoms with van der Waals surface area (Å²) in [5.74, 6) is -1.55. The van der Waals surface area contributed by atoms with E-state index >= 15 is 0 Å². The lowest BCUT2D eigenvalue weighted by atomic mass is 10.2. The van der Waals surface area contributed by atoms with Crippen molar-refractivity contribution in [2.75, 3.05) is 31.5 Å². The van der Waals surface area contributed by atoms with E-state index in [0.717, 1.165) is 18.7 Å². The maximum absolute atomic E-state index is 11.7. The molecule has 0 aliphatic rings. The third-order valence-corrected chi connectivity index (χ3v) is 3.21. The SMILES string of the molecule is CCN(CC)CCNC(=O)C(=O)Nc1cc(C)ccc1O. The summed E-state index contributed by atoms with van der Waals surface area (Å²) in [7, 11) is 0. The van der Waals surface area contributed by atoms with Crippen molar-refractivity contribution in [1.29, 1.82) is 0 Å². The van der Waals surface area contributed by atoms with E-state index in [1.807, 2.05) is 20.8 Å². The Bertz CT molecular complexity index is 499. The highest BCUT2D eigenvalue weighted by atomic mass is 16.3. The van der Waals surface area contributed by atoms with Crippen LogP contribution in [0.5, 0.6) is 5.75 Å². The molecule has 0 aliphatic carbocycles. The molecule has 0 radical (unpaired) electrons. The third-order valence-electron chi connectivity index (χ3n) is 3.21. The summed E-state index contributed by atoms with van der Waals surface area (Å²) in [5, 5.41) is 14.6. The molecule has 0 saturated carbocycles. The minimum Gasteiger partial charge on any atom is -0.506 e. The maximum Gasteiger partial charge on any atom is 0.313 e. The van der Waals surface area contributed by atoms with Crippen molar-refractivity contribution in [1.82, 2.24) is 10.2 Å². The van der Waals surface area contributed by atoms with Gasteiger partial charge in [-0.05, 0) is 37.7 Å². The van der Waals surface area contributed by atoms with Crippen molar-refractivity contribution < 1.29 is 14.7 Å². The first kappa shape index (κ1) is 17.0. The van der Waals surface area contributed by atoms with Crippen LogP contribution in [0.3, 0.4) is 0 Å². The zero-order valence-corrected chi connectivity index (χ0v) is 12.8. The van der Waals surface area contributed by atoms with Crippen molar-refractivity contribution in [3.05, 3.63) is 23.8 Å².